The highest BCUT2D eigenvalue weighted by molar-refractivity contribution is 5.76. The number of aliphatic hydroxyl groups excluding tert-OH is 1. The molecular formula is C35H39NO2. The largest absolute Gasteiger partial charge is 0.497 e. The van der Waals surface area contributed by atoms with Gasteiger partial charge in [-0.05, 0) is 103 Å². The summed E-state index contributed by atoms with van der Waals surface area (Å²) in [5, 5.41) is 10.4. The number of pyridine rings is 1. The molecule has 38 heavy (non-hydrogen) atoms. The van der Waals surface area contributed by atoms with E-state index < -0.39 is 0 Å². The molecule has 3 heteroatoms. The lowest BCUT2D eigenvalue weighted by atomic mass is 9.48. The molecule has 0 radical (unpaired) electrons. The van der Waals surface area contributed by atoms with Crippen LogP contribution in [0.2, 0.25) is 0 Å². The quantitative estimate of drug-likeness (QED) is 0.370. The average molecular weight is 506 g/mol. The number of methoxy groups -OCH3 is 1. The Morgan fingerprint density at radius 1 is 0.868 bits per heavy atom. The minimum Gasteiger partial charge on any atom is -0.497 e. The van der Waals surface area contributed by atoms with Gasteiger partial charge in [-0.1, -0.05) is 68.0 Å². The second kappa shape index (κ2) is 8.81. The van der Waals surface area contributed by atoms with Gasteiger partial charge in [-0.2, -0.15) is 0 Å². The van der Waals surface area contributed by atoms with Gasteiger partial charge in [0.1, 0.15) is 5.75 Å². The first kappa shape index (κ1) is 24.2. The van der Waals surface area contributed by atoms with Crippen molar-refractivity contribution in [2.24, 2.45) is 23.2 Å². The zero-order valence-corrected chi connectivity index (χ0v) is 22.9. The zero-order chi connectivity index (χ0) is 26.1. The third kappa shape index (κ3) is 3.54. The molecule has 0 spiro atoms. The van der Waals surface area contributed by atoms with Crippen molar-refractivity contribution in [3.05, 3.63) is 83.6 Å². The predicted octanol–water partition coefficient (Wildman–Crippen LogP) is 7.76. The molecule has 2 saturated carbocycles. The summed E-state index contributed by atoms with van der Waals surface area (Å²) in [7, 11) is 1.73. The number of benzene rings is 2. The van der Waals surface area contributed by atoms with Gasteiger partial charge in [0.05, 0.1) is 24.6 Å². The maximum absolute atomic E-state index is 10.4. The van der Waals surface area contributed by atoms with E-state index in [1.807, 2.05) is 0 Å². The molecule has 6 atom stereocenters. The molecule has 196 valence electrons. The Hall–Kier alpha value is -2.91. The highest BCUT2D eigenvalue weighted by atomic mass is 16.5. The molecule has 7 rings (SSSR count). The van der Waals surface area contributed by atoms with Crippen LogP contribution in [-0.2, 0) is 11.8 Å². The Morgan fingerprint density at radius 3 is 2.39 bits per heavy atom. The van der Waals surface area contributed by atoms with Crippen molar-refractivity contribution in [3.63, 3.8) is 0 Å². The molecule has 1 aromatic heterocycles. The van der Waals surface area contributed by atoms with Crippen LogP contribution in [0.1, 0.15) is 63.6 Å². The lowest BCUT2D eigenvalue weighted by molar-refractivity contribution is -0.0169. The number of hydrogen-bond donors (Lipinski definition) is 1. The summed E-state index contributed by atoms with van der Waals surface area (Å²) in [5.41, 5.74) is 9.54. The highest BCUT2D eigenvalue weighted by Crippen LogP contribution is 2.64. The van der Waals surface area contributed by atoms with Crippen LogP contribution in [0.25, 0.3) is 22.4 Å². The fraction of sp³-hybridized carbons (Fsp3) is 0.457. The molecule has 3 nitrogen and oxygen atoms in total. The van der Waals surface area contributed by atoms with Crippen LogP contribution in [0.3, 0.4) is 0 Å². The summed E-state index contributed by atoms with van der Waals surface area (Å²) in [6, 6.07) is 21.6. The predicted molar refractivity (Wildman–Crippen MR) is 153 cm³/mol. The third-order valence-electron chi connectivity index (χ3n) is 11.0. The molecule has 0 saturated heterocycles. The van der Waals surface area contributed by atoms with Crippen LogP contribution in [0.5, 0.6) is 5.75 Å². The summed E-state index contributed by atoms with van der Waals surface area (Å²) in [4.78, 5) is 5.47. The van der Waals surface area contributed by atoms with Gasteiger partial charge in [-0.3, -0.25) is 4.98 Å². The van der Waals surface area contributed by atoms with Crippen LogP contribution in [0.4, 0.5) is 0 Å². The van der Waals surface area contributed by atoms with E-state index in [9.17, 15) is 5.11 Å². The van der Waals surface area contributed by atoms with Gasteiger partial charge in [0.25, 0.3) is 0 Å². The number of aromatic nitrogens is 1. The molecule has 0 bridgehead atoms. The number of allylic oxidation sites excluding steroid dienone is 1. The molecule has 1 heterocycles. The van der Waals surface area contributed by atoms with Crippen molar-refractivity contribution in [1.82, 2.24) is 4.98 Å². The molecule has 4 aliphatic carbocycles. The number of rotatable bonds is 3. The number of fused-ring (bicyclic) bond motifs is 7. The van der Waals surface area contributed by atoms with Crippen molar-refractivity contribution in [1.29, 1.82) is 0 Å². The van der Waals surface area contributed by atoms with Gasteiger partial charge in [-0.15, -0.1) is 0 Å². The number of nitrogens with zero attached hydrogens (tertiary/aromatic N) is 1. The van der Waals surface area contributed by atoms with E-state index in [0.29, 0.717) is 17.8 Å². The molecule has 0 aliphatic heterocycles. The van der Waals surface area contributed by atoms with Gasteiger partial charge >= 0.3 is 0 Å². The van der Waals surface area contributed by atoms with Crippen molar-refractivity contribution in [2.45, 2.75) is 70.3 Å². The minimum atomic E-state index is -0.150. The first-order chi connectivity index (χ1) is 18.4. The molecule has 2 aromatic carbocycles. The number of aliphatic hydroxyl groups is 1. The Bertz CT molecular complexity index is 1390. The summed E-state index contributed by atoms with van der Waals surface area (Å²) in [5.74, 6) is 2.88. The second-order valence-corrected chi connectivity index (χ2v) is 12.8. The van der Waals surface area contributed by atoms with E-state index in [4.69, 9.17) is 9.72 Å². The van der Waals surface area contributed by atoms with E-state index in [-0.39, 0.29) is 16.9 Å². The summed E-state index contributed by atoms with van der Waals surface area (Å²) >= 11 is 0. The van der Waals surface area contributed by atoms with Crippen LogP contribution < -0.4 is 4.74 Å². The van der Waals surface area contributed by atoms with Gasteiger partial charge in [-0.25, -0.2) is 0 Å². The first-order valence-corrected chi connectivity index (χ1v) is 14.5. The zero-order valence-electron chi connectivity index (χ0n) is 22.9. The lowest BCUT2D eigenvalue weighted by Gasteiger charge is -2.57. The van der Waals surface area contributed by atoms with Gasteiger partial charge in [0, 0.05) is 11.0 Å². The number of ether oxygens (including phenoxy) is 1. The fourth-order valence-electron chi connectivity index (χ4n) is 8.89. The average Bonchev–Trinajstić information content (AvgIpc) is 3.26. The van der Waals surface area contributed by atoms with E-state index in [1.165, 1.54) is 40.8 Å². The maximum atomic E-state index is 10.4. The van der Waals surface area contributed by atoms with Crippen LogP contribution in [0, 0.1) is 23.2 Å². The van der Waals surface area contributed by atoms with Gasteiger partial charge < -0.3 is 9.84 Å². The standard InChI is InChI=1S/C35H39NO2/c1-34-17-15-25(37)19-24(34)11-14-27-30(34)16-18-35(2)31(27)20-29-28(22-9-12-26(38-3)13-10-22)21-32(36-33(29)35)23-7-5-4-6-8-23/h4-13,21,25,27,30-31,37H,14-20H2,1-3H3/t25-,27?,30?,31?,34-,35-/m0/s1. The molecular weight excluding hydrogens is 466 g/mol. The fourth-order valence-corrected chi connectivity index (χ4v) is 8.89. The van der Waals surface area contributed by atoms with Crippen LogP contribution in [-0.4, -0.2) is 23.3 Å². The molecule has 2 fully saturated rings. The molecule has 0 amide bonds. The Labute approximate surface area is 227 Å². The molecule has 4 aliphatic rings. The first-order valence-electron chi connectivity index (χ1n) is 14.5. The summed E-state index contributed by atoms with van der Waals surface area (Å²) in [6.45, 7) is 5.03. The Kier molecular flexibility index (Phi) is 5.60. The monoisotopic (exact) mass is 505 g/mol. The van der Waals surface area contributed by atoms with Crippen molar-refractivity contribution in [2.75, 3.05) is 7.11 Å². The van der Waals surface area contributed by atoms with E-state index in [0.717, 1.165) is 43.5 Å². The van der Waals surface area contributed by atoms with Crippen molar-refractivity contribution in [3.8, 4) is 28.1 Å². The second-order valence-electron chi connectivity index (χ2n) is 12.8. The van der Waals surface area contributed by atoms with Crippen molar-refractivity contribution < 1.29 is 9.84 Å². The lowest BCUT2D eigenvalue weighted by Crippen LogP contribution is -2.51. The van der Waals surface area contributed by atoms with E-state index in [2.05, 4.69) is 80.6 Å². The van der Waals surface area contributed by atoms with Crippen LogP contribution >= 0.6 is 0 Å². The highest BCUT2D eigenvalue weighted by Gasteiger charge is 2.58. The molecule has 3 aromatic rings. The normalized spacial score (nSPS) is 33.4. The Morgan fingerprint density at radius 2 is 1.63 bits per heavy atom. The van der Waals surface area contributed by atoms with E-state index >= 15 is 0 Å². The topological polar surface area (TPSA) is 42.4 Å². The Balaban J connectivity index is 1.35. The minimum absolute atomic E-state index is 0.0956. The van der Waals surface area contributed by atoms with Gasteiger partial charge in [0.15, 0.2) is 0 Å². The number of hydrogen-bond acceptors (Lipinski definition) is 3. The SMILES string of the molecule is COc1ccc(-c2cc(-c3ccccc3)nc3c2CC2C4CC=C5C[C@@H](O)CC[C@]5(C)C4CC[C@]32C)cc1. The van der Waals surface area contributed by atoms with Gasteiger partial charge in [0.2, 0.25) is 0 Å². The smallest absolute Gasteiger partial charge is 0.118 e. The molecule has 1 N–H and O–H groups in total. The summed E-state index contributed by atoms with van der Waals surface area (Å²) < 4.78 is 5.47. The van der Waals surface area contributed by atoms with E-state index in [1.54, 1.807) is 12.7 Å². The summed E-state index contributed by atoms with van der Waals surface area (Å²) in [6.07, 6.45) is 10.1. The third-order valence-corrected chi connectivity index (χ3v) is 11.0. The maximum Gasteiger partial charge on any atom is 0.118 e. The molecule has 3 unspecified atom stereocenters. The van der Waals surface area contributed by atoms with Crippen LogP contribution in [0.15, 0.2) is 72.3 Å². The van der Waals surface area contributed by atoms with Crippen molar-refractivity contribution >= 4 is 0 Å².